The molecule has 1 atom stereocenters. The van der Waals surface area contributed by atoms with Gasteiger partial charge in [-0.2, -0.15) is 4.31 Å². The lowest BCUT2D eigenvalue weighted by Crippen LogP contribution is -2.46. The van der Waals surface area contributed by atoms with Crippen LogP contribution in [-0.2, 0) is 19.6 Å². The van der Waals surface area contributed by atoms with Crippen molar-refractivity contribution < 1.29 is 23.1 Å². The molecule has 2 N–H and O–H groups in total. The van der Waals surface area contributed by atoms with Gasteiger partial charge in [0, 0.05) is 6.54 Å². The minimum absolute atomic E-state index is 0.0602. The molecule has 1 aliphatic heterocycles. The Labute approximate surface area is 112 Å². The van der Waals surface area contributed by atoms with Crippen LogP contribution in [0.5, 0.6) is 0 Å². The number of rotatable bonds is 6. The monoisotopic (exact) mass is 290 g/mol. The molecule has 7 nitrogen and oxygen atoms in total. The Bertz CT molecular complexity index is 471. The van der Waals surface area contributed by atoms with Crippen LogP contribution in [0.15, 0.2) is 0 Å². The van der Waals surface area contributed by atoms with Gasteiger partial charge in [-0.25, -0.2) is 13.2 Å². The predicted octanol–water partition coefficient (Wildman–Crippen LogP) is -0.609. The third-order valence-corrected chi connectivity index (χ3v) is 5.33. The van der Waals surface area contributed by atoms with E-state index in [1.807, 2.05) is 0 Å². The fraction of sp³-hybridized carbons (Fsp3) is 0.818. The van der Waals surface area contributed by atoms with Gasteiger partial charge in [0.05, 0.1) is 12.3 Å². The SMILES string of the molecule is O=C(CN1CCCS1(=O)=O)NC(CC1CC1)C(=O)O. The predicted molar refractivity (Wildman–Crippen MR) is 66.9 cm³/mol. The van der Waals surface area contributed by atoms with Gasteiger partial charge in [0.25, 0.3) is 0 Å². The molecular weight excluding hydrogens is 272 g/mol. The summed E-state index contributed by atoms with van der Waals surface area (Å²) in [7, 11) is -3.32. The second-order valence-corrected chi connectivity index (χ2v) is 7.23. The molecule has 0 bridgehead atoms. The van der Waals surface area contributed by atoms with Crippen molar-refractivity contribution in [2.24, 2.45) is 5.92 Å². The smallest absolute Gasteiger partial charge is 0.326 e. The van der Waals surface area contributed by atoms with Crippen LogP contribution in [0.25, 0.3) is 0 Å². The van der Waals surface area contributed by atoms with Crippen molar-refractivity contribution in [2.45, 2.75) is 31.7 Å². The van der Waals surface area contributed by atoms with Gasteiger partial charge >= 0.3 is 5.97 Å². The third-order valence-electron chi connectivity index (χ3n) is 3.42. The Hall–Kier alpha value is -1.15. The van der Waals surface area contributed by atoms with Gasteiger partial charge in [-0.1, -0.05) is 12.8 Å². The van der Waals surface area contributed by atoms with E-state index >= 15 is 0 Å². The Kier molecular flexibility index (Phi) is 4.10. The van der Waals surface area contributed by atoms with Gasteiger partial charge in [-0.05, 0) is 18.8 Å². The summed E-state index contributed by atoms with van der Waals surface area (Å²) in [5.41, 5.74) is 0. The van der Waals surface area contributed by atoms with Crippen LogP contribution in [0.1, 0.15) is 25.7 Å². The maximum Gasteiger partial charge on any atom is 0.326 e. The summed E-state index contributed by atoms with van der Waals surface area (Å²) in [6.07, 6.45) is 2.94. The van der Waals surface area contributed by atoms with E-state index in [9.17, 15) is 18.0 Å². The number of amides is 1. The molecule has 0 aromatic rings. The number of nitrogens with zero attached hydrogens (tertiary/aromatic N) is 1. The summed E-state index contributed by atoms with van der Waals surface area (Å²) in [5.74, 6) is -1.18. The molecule has 2 fully saturated rings. The van der Waals surface area contributed by atoms with E-state index in [-0.39, 0.29) is 12.3 Å². The minimum atomic E-state index is -3.32. The molecule has 2 rings (SSSR count). The summed E-state index contributed by atoms with van der Waals surface area (Å²) in [5, 5.41) is 11.4. The van der Waals surface area contributed by atoms with Crippen LogP contribution in [0.4, 0.5) is 0 Å². The van der Waals surface area contributed by atoms with Crippen LogP contribution in [0.3, 0.4) is 0 Å². The third kappa shape index (κ3) is 3.90. The van der Waals surface area contributed by atoms with Crippen molar-refractivity contribution in [3.8, 4) is 0 Å². The number of hydrogen-bond acceptors (Lipinski definition) is 4. The molecule has 0 aromatic heterocycles. The number of aliphatic carboxylic acids is 1. The molecule has 2 aliphatic rings. The number of sulfonamides is 1. The second-order valence-electron chi connectivity index (χ2n) is 5.14. The molecular formula is C11H18N2O5S. The van der Waals surface area contributed by atoms with E-state index in [0.717, 1.165) is 17.1 Å². The molecule has 0 radical (unpaired) electrons. The summed E-state index contributed by atoms with van der Waals surface area (Å²) in [4.78, 5) is 22.7. The maximum absolute atomic E-state index is 11.7. The topological polar surface area (TPSA) is 104 Å². The first-order chi connectivity index (χ1) is 8.88. The molecule has 1 unspecified atom stereocenters. The zero-order valence-electron chi connectivity index (χ0n) is 10.5. The highest BCUT2D eigenvalue weighted by Crippen LogP contribution is 2.33. The molecule has 0 aromatic carbocycles. The van der Waals surface area contributed by atoms with Gasteiger partial charge in [0.1, 0.15) is 6.04 Å². The number of carboxylic acid groups (broad SMARTS) is 1. The van der Waals surface area contributed by atoms with Gasteiger partial charge in [-0.3, -0.25) is 4.79 Å². The van der Waals surface area contributed by atoms with Gasteiger partial charge < -0.3 is 10.4 Å². The summed E-state index contributed by atoms with van der Waals surface area (Å²) in [6, 6.07) is -0.912. The first-order valence-corrected chi connectivity index (χ1v) is 7.99. The Morgan fingerprint density at radius 1 is 1.37 bits per heavy atom. The highest BCUT2D eigenvalue weighted by molar-refractivity contribution is 7.89. The van der Waals surface area contributed by atoms with E-state index in [1.54, 1.807) is 0 Å². The van der Waals surface area contributed by atoms with Crippen LogP contribution < -0.4 is 5.32 Å². The summed E-state index contributed by atoms with van der Waals surface area (Å²) < 4.78 is 24.2. The Balaban J connectivity index is 1.86. The van der Waals surface area contributed by atoms with Crippen LogP contribution in [0, 0.1) is 5.92 Å². The Morgan fingerprint density at radius 3 is 2.53 bits per heavy atom. The van der Waals surface area contributed by atoms with Crippen LogP contribution in [-0.4, -0.2) is 54.6 Å². The van der Waals surface area contributed by atoms with Gasteiger partial charge in [-0.15, -0.1) is 0 Å². The molecule has 1 saturated carbocycles. The lowest BCUT2D eigenvalue weighted by atomic mass is 10.1. The van der Waals surface area contributed by atoms with Crippen molar-refractivity contribution in [1.82, 2.24) is 9.62 Å². The van der Waals surface area contributed by atoms with E-state index in [2.05, 4.69) is 5.32 Å². The van der Waals surface area contributed by atoms with E-state index in [1.165, 1.54) is 0 Å². The molecule has 1 aliphatic carbocycles. The lowest BCUT2D eigenvalue weighted by Gasteiger charge is -2.17. The molecule has 1 amide bonds. The van der Waals surface area contributed by atoms with Crippen LogP contribution >= 0.6 is 0 Å². The molecule has 0 spiro atoms. The largest absolute Gasteiger partial charge is 0.480 e. The zero-order chi connectivity index (χ0) is 14.0. The van der Waals surface area contributed by atoms with Gasteiger partial charge in [0.2, 0.25) is 15.9 Å². The van der Waals surface area contributed by atoms with E-state index in [0.29, 0.717) is 25.3 Å². The van der Waals surface area contributed by atoms with E-state index < -0.39 is 27.9 Å². The molecule has 1 saturated heterocycles. The fourth-order valence-electron chi connectivity index (χ4n) is 2.18. The Morgan fingerprint density at radius 2 is 2.05 bits per heavy atom. The van der Waals surface area contributed by atoms with Gasteiger partial charge in [0.15, 0.2) is 0 Å². The summed E-state index contributed by atoms with van der Waals surface area (Å²) >= 11 is 0. The molecule has 19 heavy (non-hydrogen) atoms. The maximum atomic E-state index is 11.7. The van der Waals surface area contributed by atoms with Crippen molar-refractivity contribution in [1.29, 1.82) is 0 Å². The molecule has 1 heterocycles. The number of carbonyl (C=O) groups is 2. The quantitative estimate of drug-likeness (QED) is 0.679. The normalized spacial score (nSPS) is 24.0. The second kappa shape index (κ2) is 5.46. The van der Waals surface area contributed by atoms with Crippen molar-refractivity contribution >= 4 is 21.9 Å². The number of hydrogen-bond donors (Lipinski definition) is 2. The number of nitrogens with one attached hydrogen (secondary N) is 1. The fourth-order valence-corrected chi connectivity index (χ4v) is 3.65. The van der Waals surface area contributed by atoms with Crippen molar-refractivity contribution in [3.63, 3.8) is 0 Å². The van der Waals surface area contributed by atoms with Crippen LogP contribution in [0.2, 0.25) is 0 Å². The van der Waals surface area contributed by atoms with Crippen molar-refractivity contribution in [3.05, 3.63) is 0 Å². The highest BCUT2D eigenvalue weighted by atomic mass is 32.2. The minimum Gasteiger partial charge on any atom is -0.480 e. The highest BCUT2D eigenvalue weighted by Gasteiger charge is 2.33. The number of carbonyl (C=O) groups excluding carboxylic acids is 1. The first-order valence-electron chi connectivity index (χ1n) is 6.38. The van der Waals surface area contributed by atoms with E-state index in [4.69, 9.17) is 5.11 Å². The zero-order valence-corrected chi connectivity index (χ0v) is 11.4. The standard InChI is InChI=1S/C11H18N2O5S/c14-10(7-13-4-1-5-19(13,17)18)12-9(11(15)16)6-8-2-3-8/h8-9H,1-7H2,(H,12,14)(H,15,16). The number of carboxylic acids is 1. The average Bonchev–Trinajstić information content (AvgIpc) is 3.04. The molecule has 108 valence electrons. The summed E-state index contributed by atoms with van der Waals surface area (Å²) in [6.45, 7) is 0.0485. The van der Waals surface area contributed by atoms with Crippen molar-refractivity contribution in [2.75, 3.05) is 18.8 Å². The lowest BCUT2D eigenvalue weighted by molar-refractivity contribution is -0.142. The molecule has 8 heteroatoms. The first kappa shape index (κ1) is 14.3. The average molecular weight is 290 g/mol.